The maximum atomic E-state index is 5.22. The Morgan fingerprint density at radius 3 is 2.85 bits per heavy atom. The third-order valence-corrected chi connectivity index (χ3v) is 2.78. The predicted molar refractivity (Wildman–Crippen MR) is 48.3 cm³/mol. The summed E-state index contributed by atoms with van der Waals surface area (Å²) in [5.41, 5.74) is 0.166. The minimum Gasteiger partial charge on any atom is -0.339 e. The Bertz CT molecular complexity index is 291. The Balaban J connectivity index is 2.12. The summed E-state index contributed by atoms with van der Waals surface area (Å²) in [5, 5.41) is 6.91. The van der Waals surface area contributed by atoms with Crippen molar-refractivity contribution in [1.29, 1.82) is 0 Å². The Morgan fingerprint density at radius 1 is 1.54 bits per heavy atom. The highest BCUT2D eigenvalue weighted by atomic mass is 16.5. The van der Waals surface area contributed by atoms with Gasteiger partial charge in [0.15, 0.2) is 5.82 Å². The summed E-state index contributed by atoms with van der Waals surface area (Å²) in [6.07, 6.45) is 3.63. The van der Waals surface area contributed by atoms with E-state index < -0.39 is 0 Å². The molecule has 1 N–H and O–H groups in total. The van der Waals surface area contributed by atoms with Gasteiger partial charge in [-0.2, -0.15) is 4.98 Å². The van der Waals surface area contributed by atoms with Gasteiger partial charge in [-0.1, -0.05) is 18.5 Å². The van der Waals surface area contributed by atoms with Crippen LogP contribution in [0.25, 0.3) is 0 Å². The fourth-order valence-electron chi connectivity index (χ4n) is 1.65. The molecule has 1 aromatic heterocycles. The lowest BCUT2D eigenvalue weighted by atomic mass is 9.70. The smallest absolute Gasteiger partial charge is 0.232 e. The molecule has 0 bridgehead atoms. The monoisotopic (exact) mass is 181 g/mol. The van der Waals surface area contributed by atoms with Gasteiger partial charge in [0, 0.05) is 5.41 Å². The van der Waals surface area contributed by atoms with Crippen LogP contribution in [0.4, 0.5) is 0 Å². The number of nitrogens with zero attached hydrogens (tertiary/aromatic N) is 2. The highest BCUT2D eigenvalue weighted by Crippen LogP contribution is 2.42. The molecule has 0 aromatic carbocycles. The Morgan fingerprint density at radius 2 is 2.31 bits per heavy atom. The molecule has 1 aliphatic carbocycles. The van der Waals surface area contributed by atoms with Gasteiger partial charge in [0.2, 0.25) is 5.89 Å². The van der Waals surface area contributed by atoms with Gasteiger partial charge in [0.05, 0.1) is 6.54 Å². The molecule has 1 heterocycles. The molecule has 0 saturated heterocycles. The van der Waals surface area contributed by atoms with E-state index in [9.17, 15) is 0 Å². The molecule has 4 nitrogen and oxygen atoms in total. The number of rotatable bonds is 3. The summed E-state index contributed by atoms with van der Waals surface area (Å²) >= 11 is 0. The number of aromatic nitrogens is 2. The second-order valence-corrected chi connectivity index (χ2v) is 3.96. The first kappa shape index (κ1) is 8.69. The zero-order valence-corrected chi connectivity index (χ0v) is 8.13. The van der Waals surface area contributed by atoms with E-state index in [1.807, 2.05) is 7.05 Å². The summed E-state index contributed by atoms with van der Waals surface area (Å²) in [6, 6.07) is 0. The molecule has 1 saturated carbocycles. The molecule has 0 aliphatic heterocycles. The average Bonchev–Trinajstić information content (AvgIpc) is 2.50. The molecule has 1 aromatic rings. The minimum atomic E-state index is 0.166. The predicted octanol–water partition coefficient (Wildman–Crippen LogP) is 1.23. The SMILES string of the molecule is CNCc1noc(C2(C)CCC2)n1. The van der Waals surface area contributed by atoms with E-state index in [1.165, 1.54) is 19.3 Å². The van der Waals surface area contributed by atoms with Crippen molar-refractivity contribution in [3.63, 3.8) is 0 Å². The molecule has 0 radical (unpaired) electrons. The molecule has 2 rings (SSSR count). The van der Waals surface area contributed by atoms with Crippen LogP contribution in [-0.4, -0.2) is 17.2 Å². The topological polar surface area (TPSA) is 51.0 Å². The van der Waals surface area contributed by atoms with E-state index in [0.717, 1.165) is 11.7 Å². The van der Waals surface area contributed by atoms with Crippen LogP contribution in [0.15, 0.2) is 4.52 Å². The van der Waals surface area contributed by atoms with Gasteiger partial charge < -0.3 is 9.84 Å². The van der Waals surface area contributed by atoms with Gasteiger partial charge in [-0.05, 0) is 19.9 Å². The molecule has 1 aliphatic rings. The van der Waals surface area contributed by atoms with Gasteiger partial charge in [-0.25, -0.2) is 0 Å². The van der Waals surface area contributed by atoms with Gasteiger partial charge in [-0.15, -0.1) is 0 Å². The lowest BCUT2D eigenvalue weighted by Gasteiger charge is -2.34. The summed E-state index contributed by atoms with van der Waals surface area (Å²) in [6.45, 7) is 2.87. The van der Waals surface area contributed by atoms with Crippen molar-refractivity contribution >= 4 is 0 Å². The van der Waals surface area contributed by atoms with Gasteiger partial charge in [0.25, 0.3) is 0 Å². The van der Waals surface area contributed by atoms with E-state index in [4.69, 9.17) is 4.52 Å². The van der Waals surface area contributed by atoms with Crippen molar-refractivity contribution in [2.75, 3.05) is 7.05 Å². The number of nitrogens with one attached hydrogen (secondary N) is 1. The van der Waals surface area contributed by atoms with Crippen LogP contribution in [0.2, 0.25) is 0 Å². The van der Waals surface area contributed by atoms with Crippen molar-refractivity contribution in [3.05, 3.63) is 11.7 Å². The van der Waals surface area contributed by atoms with E-state index in [0.29, 0.717) is 6.54 Å². The van der Waals surface area contributed by atoms with Crippen LogP contribution in [0.1, 0.15) is 37.9 Å². The highest BCUT2D eigenvalue weighted by Gasteiger charge is 2.38. The molecule has 4 heteroatoms. The molecular formula is C9H15N3O. The van der Waals surface area contributed by atoms with E-state index in [-0.39, 0.29) is 5.41 Å². The van der Waals surface area contributed by atoms with Crippen LogP contribution in [0.3, 0.4) is 0 Å². The van der Waals surface area contributed by atoms with E-state index >= 15 is 0 Å². The second kappa shape index (κ2) is 3.10. The van der Waals surface area contributed by atoms with Gasteiger partial charge in [-0.3, -0.25) is 0 Å². The summed E-state index contributed by atoms with van der Waals surface area (Å²) in [7, 11) is 1.88. The third-order valence-electron chi connectivity index (χ3n) is 2.78. The van der Waals surface area contributed by atoms with Gasteiger partial charge >= 0.3 is 0 Å². The normalized spacial score (nSPS) is 19.8. The van der Waals surface area contributed by atoms with Crippen LogP contribution in [0.5, 0.6) is 0 Å². The molecule has 0 amide bonds. The average molecular weight is 181 g/mol. The van der Waals surface area contributed by atoms with E-state index in [1.54, 1.807) is 0 Å². The minimum absolute atomic E-state index is 0.166. The Kier molecular flexibility index (Phi) is 2.07. The zero-order valence-electron chi connectivity index (χ0n) is 8.13. The molecule has 1 fully saturated rings. The van der Waals surface area contributed by atoms with E-state index in [2.05, 4.69) is 22.4 Å². The van der Waals surface area contributed by atoms with Crippen LogP contribution >= 0.6 is 0 Å². The summed E-state index contributed by atoms with van der Waals surface area (Å²) in [5.74, 6) is 1.56. The molecule has 72 valence electrons. The largest absolute Gasteiger partial charge is 0.339 e. The van der Waals surface area contributed by atoms with Crippen molar-refractivity contribution in [3.8, 4) is 0 Å². The summed E-state index contributed by atoms with van der Waals surface area (Å²) in [4.78, 5) is 4.35. The number of hydrogen-bond donors (Lipinski definition) is 1. The van der Waals surface area contributed by atoms with Crippen LogP contribution < -0.4 is 5.32 Å². The first-order valence-electron chi connectivity index (χ1n) is 4.72. The maximum absolute atomic E-state index is 5.22. The second-order valence-electron chi connectivity index (χ2n) is 3.96. The van der Waals surface area contributed by atoms with Crippen LogP contribution in [-0.2, 0) is 12.0 Å². The standard InChI is InChI=1S/C9H15N3O/c1-9(4-3-5-9)8-11-7(6-10-2)12-13-8/h10H,3-6H2,1-2H3. The highest BCUT2D eigenvalue weighted by molar-refractivity contribution is 5.07. The maximum Gasteiger partial charge on any atom is 0.232 e. The third kappa shape index (κ3) is 1.46. The molecule has 0 spiro atoms. The Labute approximate surface area is 77.7 Å². The van der Waals surface area contributed by atoms with Crippen molar-refractivity contribution in [2.24, 2.45) is 0 Å². The molecular weight excluding hydrogens is 166 g/mol. The van der Waals surface area contributed by atoms with Crippen molar-refractivity contribution in [2.45, 2.75) is 38.1 Å². The summed E-state index contributed by atoms with van der Waals surface area (Å²) < 4.78 is 5.22. The van der Waals surface area contributed by atoms with Crippen LogP contribution in [0, 0.1) is 0 Å². The van der Waals surface area contributed by atoms with Crippen molar-refractivity contribution < 1.29 is 4.52 Å². The lowest BCUT2D eigenvalue weighted by Crippen LogP contribution is -2.30. The molecule has 0 atom stereocenters. The first-order chi connectivity index (χ1) is 6.24. The molecule has 13 heavy (non-hydrogen) atoms. The fraction of sp³-hybridized carbons (Fsp3) is 0.778. The quantitative estimate of drug-likeness (QED) is 0.762. The Hall–Kier alpha value is -0.900. The zero-order chi connectivity index (χ0) is 9.31. The number of hydrogen-bond acceptors (Lipinski definition) is 4. The fourth-order valence-corrected chi connectivity index (χ4v) is 1.65. The lowest BCUT2D eigenvalue weighted by molar-refractivity contribution is 0.194. The van der Waals surface area contributed by atoms with Gasteiger partial charge in [0.1, 0.15) is 0 Å². The van der Waals surface area contributed by atoms with Crippen molar-refractivity contribution in [1.82, 2.24) is 15.5 Å². The first-order valence-corrected chi connectivity index (χ1v) is 4.72. The molecule has 0 unspecified atom stereocenters.